The summed E-state index contributed by atoms with van der Waals surface area (Å²) in [4.78, 5) is 24.2. The number of alkyl halides is 1. The number of aromatic nitrogens is 4. The largest absolute Gasteiger partial charge is 0.309 e. The molecular formula is C20H22BrN5O2. The first-order valence-corrected chi connectivity index (χ1v) is 10.2. The number of rotatable bonds is 7. The highest BCUT2D eigenvalue weighted by Gasteiger charge is 2.16. The van der Waals surface area contributed by atoms with Crippen molar-refractivity contribution in [1.82, 2.24) is 19.6 Å². The molecule has 2 aromatic heterocycles. The van der Waals surface area contributed by atoms with Gasteiger partial charge in [0.05, 0.1) is 17.4 Å². The number of anilines is 1. The van der Waals surface area contributed by atoms with E-state index >= 15 is 0 Å². The second-order valence-corrected chi connectivity index (χ2v) is 7.39. The van der Waals surface area contributed by atoms with Crippen molar-refractivity contribution in [3.8, 4) is 17.1 Å². The topological polar surface area (TPSA) is 81.8 Å². The summed E-state index contributed by atoms with van der Waals surface area (Å²) in [5, 5.41) is 12.6. The fourth-order valence-electron chi connectivity index (χ4n) is 2.76. The molecule has 0 aliphatic carbocycles. The molecule has 0 saturated carbocycles. The second kappa shape index (κ2) is 8.97. The fourth-order valence-corrected chi connectivity index (χ4v) is 3.04. The third-order valence-corrected chi connectivity index (χ3v) is 4.65. The Morgan fingerprint density at radius 1 is 1.14 bits per heavy atom. The maximum Gasteiger partial charge on any atom is 0.267 e. The number of benzene rings is 1. The third kappa shape index (κ3) is 4.56. The Labute approximate surface area is 171 Å². The van der Waals surface area contributed by atoms with Crippen LogP contribution in [0.4, 0.5) is 5.82 Å². The van der Waals surface area contributed by atoms with Gasteiger partial charge >= 0.3 is 0 Å². The van der Waals surface area contributed by atoms with Gasteiger partial charge < -0.3 is 5.32 Å². The van der Waals surface area contributed by atoms with Crippen LogP contribution in [0.15, 0.2) is 53.3 Å². The molecule has 1 aromatic carbocycles. The minimum atomic E-state index is -0.159. The normalized spacial score (nSPS) is 11.0. The van der Waals surface area contributed by atoms with Crippen molar-refractivity contribution < 1.29 is 4.79 Å². The van der Waals surface area contributed by atoms with Gasteiger partial charge in [-0.1, -0.05) is 34.1 Å². The van der Waals surface area contributed by atoms with Gasteiger partial charge in [-0.3, -0.25) is 9.59 Å². The van der Waals surface area contributed by atoms with Crippen LogP contribution in [0.3, 0.4) is 0 Å². The van der Waals surface area contributed by atoms with Gasteiger partial charge in [-0.05, 0) is 38.5 Å². The highest BCUT2D eigenvalue weighted by Crippen LogP contribution is 2.24. The van der Waals surface area contributed by atoms with Crippen molar-refractivity contribution in [2.75, 3.05) is 10.6 Å². The monoisotopic (exact) mass is 443 g/mol. The lowest BCUT2D eigenvalue weighted by Crippen LogP contribution is -2.24. The number of nitrogens with zero attached hydrogens (tertiary/aromatic N) is 4. The molecule has 0 aliphatic heterocycles. The molecule has 0 spiro atoms. The Kier molecular flexibility index (Phi) is 6.41. The van der Waals surface area contributed by atoms with Crippen LogP contribution in [0.2, 0.25) is 0 Å². The molecule has 146 valence electrons. The zero-order valence-corrected chi connectivity index (χ0v) is 17.4. The number of carbonyl (C=O) groups excluding carboxylic acids is 1. The second-order valence-electron chi connectivity index (χ2n) is 6.60. The van der Waals surface area contributed by atoms with Crippen LogP contribution in [0.25, 0.3) is 17.1 Å². The van der Waals surface area contributed by atoms with Crippen LogP contribution in [0.1, 0.15) is 32.7 Å². The quantitative estimate of drug-likeness (QED) is 0.563. The molecule has 0 saturated heterocycles. The number of carbonyl (C=O) groups is 1. The molecule has 0 bridgehead atoms. The molecule has 2 heterocycles. The first-order chi connectivity index (χ1) is 13.5. The van der Waals surface area contributed by atoms with Gasteiger partial charge in [0, 0.05) is 23.9 Å². The van der Waals surface area contributed by atoms with Crippen LogP contribution in [-0.4, -0.2) is 30.8 Å². The van der Waals surface area contributed by atoms with Gasteiger partial charge in [-0.2, -0.15) is 5.10 Å². The van der Waals surface area contributed by atoms with Crippen LogP contribution >= 0.6 is 15.9 Å². The van der Waals surface area contributed by atoms with E-state index in [1.54, 1.807) is 16.8 Å². The van der Waals surface area contributed by atoms with Gasteiger partial charge in [0.2, 0.25) is 5.91 Å². The first-order valence-electron chi connectivity index (χ1n) is 9.11. The maximum atomic E-state index is 12.1. The molecule has 3 rings (SSSR count). The van der Waals surface area contributed by atoms with Crippen LogP contribution in [0, 0.1) is 0 Å². The molecular weight excluding hydrogens is 422 g/mol. The fraction of sp³-hybridized carbons (Fsp3) is 0.300. The molecule has 28 heavy (non-hydrogen) atoms. The van der Waals surface area contributed by atoms with Crippen molar-refractivity contribution >= 4 is 27.7 Å². The molecule has 0 unspecified atom stereocenters. The molecule has 8 heteroatoms. The zero-order chi connectivity index (χ0) is 20.1. The van der Waals surface area contributed by atoms with E-state index in [9.17, 15) is 9.59 Å². The predicted octanol–water partition coefficient (Wildman–Crippen LogP) is 3.79. The van der Waals surface area contributed by atoms with Crippen molar-refractivity contribution in [2.45, 2.75) is 32.7 Å². The van der Waals surface area contributed by atoms with E-state index in [0.29, 0.717) is 23.6 Å². The predicted molar refractivity (Wildman–Crippen MR) is 113 cm³/mol. The zero-order valence-electron chi connectivity index (χ0n) is 15.8. The highest BCUT2D eigenvalue weighted by atomic mass is 79.9. The van der Waals surface area contributed by atoms with E-state index in [0.717, 1.165) is 17.4 Å². The van der Waals surface area contributed by atoms with E-state index in [1.165, 1.54) is 10.7 Å². The van der Waals surface area contributed by atoms with Crippen molar-refractivity contribution in [3.63, 3.8) is 0 Å². The molecule has 1 amide bonds. The van der Waals surface area contributed by atoms with Crippen LogP contribution in [0.5, 0.6) is 0 Å². The van der Waals surface area contributed by atoms with Crippen LogP contribution in [-0.2, 0) is 4.79 Å². The number of amides is 1. The number of nitrogens with one attached hydrogen (secondary N) is 1. The average molecular weight is 444 g/mol. The van der Waals surface area contributed by atoms with Crippen molar-refractivity contribution in [3.05, 3.63) is 58.9 Å². The number of hydrogen-bond acceptors (Lipinski definition) is 4. The lowest BCUT2D eigenvalue weighted by Gasteiger charge is -2.11. The Bertz CT molecular complexity index is 1010. The SMILES string of the molecule is CC(C)n1nc(-c2cc(NC(=O)CCCBr)nn2-c2ccccc2)ccc1=O. The van der Waals surface area contributed by atoms with Crippen molar-refractivity contribution in [2.24, 2.45) is 0 Å². The Hall–Kier alpha value is -2.74. The van der Waals surface area contributed by atoms with E-state index in [4.69, 9.17) is 0 Å². The Balaban J connectivity index is 2.05. The molecule has 0 atom stereocenters. The Morgan fingerprint density at radius 3 is 2.57 bits per heavy atom. The summed E-state index contributed by atoms with van der Waals surface area (Å²) in [6.45, 7) is 3.81. The lowest BCUT2D eigenvalue weighted by molar-refractivity contribution is -0.116. The Morgan fingerprint density at radius 2 is 1.89 bits per heavy atom. The van der Waals surface area contributed by atoms with Gasteiger partial charge in [0.25, 0.3) is 5.56 Å². The standard InChI is InChI=1S/C20H22BrN5O2/c1-14(2)25-20(28)11-10-16(23-25)17-13-18(22-19(27)9-6-12-21)24-26(17)15-7-4-3-5-8-15/h3-5,7-8,10-11,13-14H,6,9,12H2,1-2H3,(H,22,24,27). The molecule has 0 aliphatic rings. The summed E-state index contributed by atoms with van der Waals surface area (Å²) < 4.78 is 3.16. The molecule has 0 radical (unpaired) electrons. The van der Waals surface area contributed by atoms with Crippen LogP contribution < -0.4 is 10.9 Å². The van der Waals surface area contributed by atoms with E-state index in [2.05, 4.69) is 31.4 Å². The lowest BCUT2D eigenvalue weighted by atomic mass is 10.2. The van der Waals surface area contributed by atoms with E-state index in [-0.39, 0.29) is 17.5 Å². The van der Waals surface area contributed by atoms with E-state index < -0.39 is 0 Å². The summed E-state index contributed by atoms with van der Waals surface area (Å²) >= 11 is 3.33. The smallest absolute Gasteiger partial charge is 0.267 e. The minimum absolute atomic E-state index is 0.0658. The van der Waals surface area contributed by atoms with Gasteiger partial charge in [0.1, 0.15) is 5.69 Å². The number of halogens is 1. The summed E-state index contributed by atoms with van der Waals surface area (Å²) in [6.07, 6.45) is 1.16. The van der Waals surface area contributed by atoms with Crippen molar-refractivity contribution in [1.29, 1.82) is 0 Å². The molecule has 1 N–H and O–H groups in total. The third-order valence-electron chi connectivity index (χ3n) is 4.09. The summed E-state index contributed by atoms with van der Waals surface area (Å²) in [5.41, 5.74) is 1.97. The summed E-state index contributed by atoms with van der Waals surface area (Å²) in [5.74, 6) is 0.353. The first kappa shape index (κ1) is 20.0. The number of hydrogen-bond donors (Lipinski definition) is 1. The van der Waals surface area contributed by atoms with Gasteiger partial charge in [-0.25, -0.2) is 9.36 Å². The molecule has 3 aromatic rings. The summed E-state index contributed by atoms with van der Waals surface area (Å²) in [6, 6.07) is 14.5. The number of para-hydroxylation sites is 1. The van der Waals surface area contributed by atoms with Gasteiger partial charge in [0.15, 0.2) is 5.82 Å². The van der Waals surface area contributed by atoms with Gasteiger partial charge in [-0.15, -0.1) is 5.10 Å². The maximum absolute atomic E-state index is 12.1. The minimum Gasteiger partial charge on any atom is -0.309 e. The summed E-state index contributed by atoms with van der Waals surface area (Å²) in [7, 11) is 0. The molecule has 7 nitrogen and oxygen atoms in total. The highest BCUT2D eigenvalue weighted by molar-refractivity contribution is 9.09. The molecule has 0 fully saturated rings. The van der Waals surface area contributed by atoms with E-state index in [1.807, 2.05) is 44.2 Å². The average Bonchev–Trinajstić information content (AvgIpc) is 3.11.